The summed E-state index contributed by atoms with van der Waals surface area (Å²) in [5, 5.41) is 0. The smallest absolute Gasteiger partial charge is 0.248 e. The van der Waals surface area contributed by atoms with Crippen LogP contribution >= 0.6 is 0 Å². The number of allylic oxidation sites excluding steroid dienone is 1. The Balaban J connectivity index is 2.14. The van der Waals surface area contributed by atoms with Crippen molar-refractivity contribution in [2.75, 3.05) is 18.0 Å². The molecule has 0 unspecified atom stereocenters. The van der Waals surface area contributed by atoms with Crippen molar-refractivity contribution < 1.29 is 9.18 Å². The van der Waals surface area contributed by atoms with Crippen LogP contribution in [0.1, 0.15) is 23.2 Å². The Bertz CT molecular complexity index is 465. The van der Waals surface area contributed by atoms with Gasteiger partial charge in [0.1, 0.15) is 5.82 Å². The summed E-state index contributed by atoms with van der Waals surface area (Å²) in [7, 11) is 0. The molecule has 1 amide bonds. The van der Waals surface area contributed by atoms with Crippen molar-refractivity contribution in [1.82, 2.24) is 0 Å². The fourth-order valence-corrected chi connectivity index (χ4v) is 2.29. The van der Waals surface area contributed by atoms with Gasteiger partial charge < -0.3 is 10.6 Å². The summed E-state index contributed by atoms with van der Waals surface area (Å²) in [5.41, 5.74) is 5.87. The first kappa shape index (κ1) is 12.6. The van der Waals surface area contributed by atoms with Crippen LogP contribution in [0.25, 0.3) is 0 Å². The van der Waals surface area contributed by atoms with Crippen LogP contribution in [-0.2, 0) is 0 Å². The molecule has 1 fully saturated rings. The van der Waals surface area contributed by atoms with Crippen LogP contribution in [0.5, 0.6) is 0 Å². The van der Waals surface area contributed by atoms with Gasteiger partial charge in [-0.3, -0.25) is 4.79 Å². The highest BCUT2D eigenvalue weighted by atomic mass is 19.1. The summed E-state index contributed by atoms with van der Waals surface area (Å²) in [6.45, 7) is 5.40. The van der Waals surface area contributed by atoms with E-state index in [4.69, 9.17) is 5.73 Å². The Morgan fingerprint density at radius 3 is 2.61 bits per heavy atom. The number of hydrogen-bond acceptors (Lipinski definition) is 2. The van der Waals surface area contributed by atoms with E-state index in [9.17, 15) is 9.18 Å². The van der Waals surface area contributed by atoms with Gasteiger partial charge in [-0.2, -0.15) is 0 Å². The highest BCUT2D eigenvalue weighted by Gasteiger charge is 2.19. The third kappa shape index (κ3) is 2.53. The van der Waals surface area contributed by atoms with Gasteiger partial charge in [0.25, 0.3) is 0 Å². The molecule has 0 spiro atoms. The fraction of sp³-hybridized carbons (Fsp3) is 0.357. The van der Waals surface area contributed by atoms with E-state index >= 15 is 0 Å². The number of halogens is 1. The molecule has 2 N–H and O–H groups in total. The molecule has 1 aliphatic heterocycles. The van der Waals surface area contributed by atoms with E-state index in [-0.39, 0.29) is 11.4 Å². The highest BCUT2D eigenvalue weighted by molar-refractivity contribution is 5.93. The van der Waals surface area contributed by atoms with Gasteiger partial charge in [0.05, 0.1) is 5.69 Å². The van der Waals surface area contributed by atoms with Crippen molar-refractivity contribution in [3.8, 4) is 0 Å². The van der Waals surface area contributed by atoms with Crippen molar-refractivity contribution >= 4 is 11.6 Å². The molecule has 18 heavy (non-hydrogen) atoms. The van der Waals surface area contributed by atoms with Crippen LogP contribution in [0.15, 0.2) is 30.9 Å². The number of benzene rings is 1. The predicted octanol–water partition coefficient (Wildman–Crippen LogP) is 2.33. The molecule has 0 atom stereocenters. The molecule has 2 rings (SSSR count). The second-order valence-corrected chi connectivity index (χ2v) is 4.59. The molecule has 0 radical (unpaired) electrons. The number of nitrogens with zero attached hydrogens (tertiary/aromatic N) is 1. The van der Waals surface area contributed by atoms with E-state index in [1.54, 1.807) is 12.1 Å². The summed E-state index contributed by atoms with van der Waals surface area (Å²) in [6.07, 6.45) is 3.94. The average Bonchev–Trinajstić information content (AvgIpc) is 2.38. The largest absolute Gasteiger partial charge is 0.369 e. The minimum absolute atomic E-state index is 0.206. The van der Waals surface area contributed by atoms with Crippen molar-refractivity contribution in [1.29, 1.82) is 0 Å². The Kier molecular flexibility index (Phi) is 3.65. The Labute approximate surface area is 106 Å². The summed E-state index contributed by atoms with van der Waals surface area (Å²) < 4.78 is 13.9. The van der Waals surface area contributed by atoms with Crippen molar-refractivity contribution in [2.24, 2.45) is 11.7 Å². The monoisotopic (exact) mass is 248 g/mol. The van der Waals surface area contributed by atoms with E-state index in [0.717, 1.165) is 25.9 Å². The Morgan fingerprint density at radius 2 is 2.11 bits per heavy atom. The molecule has 0 saturated carbocycles. The molecular formula is C14H17FN2O. The van der Waals surface area contributed by atoms with Gasteiger partial charge in [0.2, 0.25) is 5.91 Å². The van der Waals surface area contributed by atoms with Gasteiger partial charge in [0, 0.05) is 18.7 Å². The number of nitrogens with two attached hydrogens (primary N) is 1. The lowest BCUT2D eigenvalue weighted by molar-refractivity contribution is 0.1000. The van der Waals surface area contributed by atoms with E-state index in [2.05, 4.69) is 6.58 Å². The summed E-state index contributed by atoms with van der Waals surface area (Å²) >= 11 is 0. The molecular weight excluding hydrogens is 231 g/mol. The lowest BCUT2D eigenvalue weighted by Crippen LogP contribution is -2.33. The van der Waals surface area contributed by atoms with E-state index in [0.29, 0.717) is 11.6 Å². The van der Waals surface area contributed by atoms with Crippen LogP contribution in [0.3, 0.4) is 0 Å². The lowest BCUT2D eigenvalue weighted by atomic mass is 9.96. The van der Waals surface area contributed by atoms with Gasteiger partial charge in [-0.05, 0) is 37.0 Å². The number of piperidine rings is 1. The number of carbonyl (C=O) groups excluding carboxylic acids is 1. The number of hydrogen-bond donors (Lipinski definition) is 1. The molecule has 1 heterocycles. The van der Waals surface area contributed by atoms with Crippen LogP contribution in [0, 0.1) is 11.7 Å². The van der Waals surface area contributed by atoms with Gasteiger partial charge in [-0.15, -0.1) is 6.58 Å². The Morgan fingerprint density at radius 1 is 1.44 bits per heavy atom. The summed E-state index contributed by atoms with van der Waals surface area (Å²) in [5.74, 6) is -0.469. The molecule has 3 nitrogen and oxygen atoms in total. The maximum absolute atomic E-state index is 13.9. The zero-order valence-electron chi connectivity index (χ0n) is 10.2. The van der Waals surface area contributed by atoms with E-state index in [1.165, 1.54) is 6.07 Å². The number of amides is 1. The quantitative estimate of drug-likeness (QED) is 0.834. The van der Waals surface area contributed by atoms with Crippen molar-refractivity contribution in [3.63, 3.8) is 0 Å². The molecule has 0 bridgehead atoms. The van der Waals surface area contributed by atoms with E-state index in [1.807, 2.05) is 11.0 Å². The molecule has 1 saturated heterocycles. The molecule has 1 aromatic rings. The third-order valence-electron chi connectivity index (χ3n) is 3.45. The third-order valence-corrected chi connectivity index (χ3v) is 3.45. The van der Waals surface area contributed by atoms with Crippen LogP contribution in [0.4, 0.5) is 10.1 Å². The van der Waals surface area contributed by atoms with Crippen LogP contribution in [-0.4, -0.2) is 19.0 Å². The fourth-order valence-electron chi connectivity index (χ4n) is 2.29. The average molecular weight is 248 g/mol. The molecule has 96 valence electrons. The van der Waals surface area contributed by atoms with Crippen LogP contribution in [0.2, 0.25) is 0 Å². The topological polar surface area (TPSA) is 46.3 Å². The molecule has 0 aromatic heterocycles. The normalized spacial score (nSPS) is 16.6. The molecule has 4 heteroatoms. The summed E-state index contributed by atoms with van der Waals surface area (Å²) in [4.78, 5) is 13.0. The van der Waals surface area contributed by atoms with Gasteiger partial charge in [-0.25, -0.2) is 4.39 Å². The van der Waals surface area contributed by atoms with Gasteiger partial charge >= 0.3 is 0 Å². The molecule has 1 aliphatic rings. The van der Waals surface area contributed by atoms with Crippen LogP contribution < -0.4 is 10.6 Å². The molecule has 1 aromatic carbocycles. The number of primary amides is 1. The molecule has 0 aliphatic carbocycles. The maximum Gasteiger partial charge on any atom is 0.248 e. The second kappa shape index (κ2) is 5.21. The first-order chi connectivity index (χ1) is 8.61. The van der Waals surface area contributed by atoms with Crippen molar-refractivity contribution in [2.45, 2.75) is 12.8 Å². The minimum Gasteiger partial charge on any atom is -0.369 e. The second-order valence-electron chi connectivity index (χ2n) is 4.59. The SMILES string of the molecule is C=CC1CCN(c2ccc(C(N)=O)cc2F)CC1. The highest BCUT2D eigenvalue weighted by Crippen LogP contribution is 2.26. The van der Waals surface area contributed by atoms with Crippen molar-refractivity contribution in [3.05, 3.63) is 42.2 Å². The lowest BCUT2D eigenvalue weighted by Gasteiger charge is -2.32. The van der Waals surface area contributed by atoms with Gasteiger partial charge in [-0.1, -0.05) is 6.08 Å². The summed E-state index contributed by atoms with van der Waals surface area (Å²) in [6, 6.07) is 4.40. The first-order valence-corrected chi connectivity index (χ1v) is 6.08. The Hall–Kier alpha value is -1.84. The standard InChI is InChI=1S/C14H17FN2O/c1-2-10-5-7-17(8-6-10)13-4-3-11(14(16)18)9-12(13)15/h2-4,9-10H,1,5-8H2,(H2,16,18). The number of carbonyl (C=O) groups is 1. The van der Waals surface area contributed by atoms with E-state index < -0.39 is 5.91 Å². The zero-order chi connectivity index (χ0) is 13.1. The first-order valence-electron chi connectivity index (χ1n) is 6.08. The number of anilines is 1. The minimum atomic E-state index is -0.606. The zero-order valence-corrected chi connectivity index (χ0v) is 10.2. The maximum atomic E-state index is 13.9. The van der Waals surface area contributed by atoms with Gasteiger partial charge in [0.15, 0.2) is 0 Å². The predicted molar refractivity (Wildman–Crippen MR) is 70.1 cm³/mol. The number of rotatable bonds is 3.